The zero-order chi connectivity index (χ0) is 18.2. The fourth-order valence-corrected chi connectivity index (χ4v) is 2.46. The van der Waals surface area contributed by atoms with E-state index in [1.165, 1.54) is 17.0 Å². The van der Waals surface area contributed by atoms with E-state index in [4.69, 9.17) is 5.73 Å². The average molecular weight is 358 g/mol. The Morgan fingerprint density at radius 1 is 1.16 bits per heavy atom. The lowest BCUT2D eigenvalue weighted by Crippen LogP contribution is -2.17. The summed E-state index contributed by atoms with van der Waals surface area (Å²) < 4.78 is 69.3. The lowest BCUT2D eigenvalue weighted by atomic mass is 10.1. The number of hydrogen-bond acceptors (Lipinski definition) is 4. The summed E-state index contributed by atoms with van der Waals surface area (Å²) in [5.41, 5.74) is 5.90. The maximum atomic E-state index is 13.7. The van der Waals surface area contributed by atoms with Crippen LogP contribution >= 0.6 is 0 Å². The van der Waals surface area contributed by atoms with E-state index in [1.807, 2.05) is 0 Å². The van der Waals surface area contributed by atoms with Gasteiger partial charge in [0.2, 0.25) is 0 Å². The van der Waals surface area contributed by atoms with Crippen molar-refractivity contribution in [3.8, 4) is 17.0 Å². The number of benzene rings is 1. The molecule has 132 valence electrons. The maximum Gasteiger partial charge on any atom is 0.573 e. The molecule has 0 saturated heterocycles. The van der Waals surface area contributed by atoms with Crippen LogP contribution in [0, 0.1) is 5.82 Å². The standard InChI is InChI=1S/C15H11F5N4O/c16-9-1-8(2-12(4-9)25-15(18,19)20)13-5-14(21)23-24(13)11-3-10(17)6-22-7-11/h1-2,4-7,11H,3H2,(H2,21,23). The van der Waals surface area contributed by atoms with Crippen LogP contribution in [0.5, 0.6) is 5.75 Å². The molecule has 0 bridgehead atoms. The molecule has 25 heavy (non-hydrogen) atoms. The summed E-state index contributed by atoms with van der Waals surface area (Å²) >= 11 is 0. The Labute approximate surface area is 138 Å². The van der Waals surface area contributed by atoms with Crippen molar-refractivity contribution >= 4 is 12.0 Å². The van der Waals surface area contributed by atoms with Gasteiger partial charge in [-0.15, -0.1) is 13.2 Å². The lowest BCUT2D eigenvalue weighted by molar-refractivity contribution is -0.274. The number of allylic oxidation sites excluding steroid dienone is 1. The summed E-state index contributed by atoms with van der Waals surface area (Å²) in [6, 6.07) is 3.30. The van der Waals surface area contributed by atoms with E-state index in [-0.39, 0.29) is 23.5 Å². The molecule has 2 heterocycles. The van der Waals surface area contributed by atoms with Gasteiger partial charge in [0.1, 0.15) is 23.2 Å². The van der Waals surface area contributed by atoms with E-state index < -0.39 is 29.8 Å². The second kappa shape index (κ2) is 6.19. The first-order chi connectivity index (χ1) is 11.7. The second-order valence-corrected chi connectivity index (χ2v) is 5.27. The molecule has 2 aromatic rings. The van der Waals surface area contributed by atoms with Crippen LogP contribution in [0.15, 0.2) is 41.3 Å². The van der Waals surface area contributed by atoms with Crippen LogP contribution in [0.2, 0.25) is 0 Å². The van der Waals surface area contributed by atoms with Crippen LogP contribution in [-0.4, -0.2) is 22.4 Å². The Hall–Kier alpha value is -2.91. The molecule has 1 aromatic heterocycles. The van der Waals surface area contributed by atoms with E-state index >= 15 is 0 Å². The number of aromatic nitrogens is 2. The predicted molar refractivity (Wildman–Crippen MR) is 80.1 cm³/mol. The minimum atomic E-state index is -4.96. The highest BCUT2D eigenvalue weighted by atomic mass is 19.4. The van der Waals surface area contributed by atoms with Gasteiger partial charge in [-0.05, 0) is 12.1 Å². The quantitative estimate of drug-likeness (QED) is 0.844. The lowest BCUT2D eigenvalue weighted by Gasteiger charge is -2.18. The first-order valence-corrected chi connectivity index (χ1v) is 7.01. The van der Waals surface area contributed by atoms with Crippen LogP contribution in [0.1, 0.15) is 12.5 Å². The molecule has 3 rings (SSSR count). The Morgan fingerprint density at radius 3 is 2.60 bits per heavy atom. The average Bonchev–Trinajstić information content (AvgIpc) is 2.87. The van der Waals surface area contributed by atoms with Crippen LogP contribution in [0.3, 0.4) is 0 Å². The van der Waals surface area contributed by atoms with E-state index in [2.05, 4.69) is 14.8 Å². The molecule has 1 aliphatic heterocycles. The van der Waals surface area contributed by atoms with Gasteiger partial charge in [-0.2, -0.15) is 5.10 Å². The van der Waals surface area contributed by atoms with Gasteiger partial charge in [0.05, 0.1) is 17.9 Å². The van der Waals surface area contributed by atoms with Gasteiger partial charge >= 0.3 is 6.36 Å². The van der Waals surface area contributed by atoms with Crippen molar-refractivity contribution in [2.24, 2.45) is 4.99 Å². The molecular formula is C15H11F5N4O. The molecule has 1 unspecified atom stereocenters. The number of halogens is 5. The minimum absolute atomic E-state index is 0.0425. The number of anilines is 1. The van der Waals surface area contributed by atoms with Gasteiger partial charge in [-0.3, -0.25) is 9.67 Å². The zero-order valence-electron chi connectivity index (χ0n) is 12.5. The molecule has 1 atom stereocenters. The van der Waals surface area contributed by atoms with E-state index in [9.17, 15) is 22.0 Å². The summed E-state index contributed by atoms with van der Waals surface area (Å²) in [5, 5.41) is 4.00. The largest absolute Gasteiger partial charge is 0.573 e. The fraction of sp³-hybridized carbons (Fsp3) is 0.200. The van der Waals surface area contributed by atoms with Crippen LogP contribution < -0.4 is 10.5 Å². The number of alkyl halides is 3. The van der Waals surface area contributed by atoms with Gasteiger partial charge in [-0.25, -0.2) is 8.78 Å². The van der Waals surface area contributed by atoms with Crippen molar-refractivity contribution in [1.82, 2.24) is 9.78 Å². The Bertz CT molecular complexity index is 856. The van der Waals surface area contributed by atoms with Gasteiger partial charge in [0, 0.05) is 30.3 Å². The number of ether oxygens (including phenoxy) is 1. The van der Waals surface area contributed by atoms with Crippen molar-refractivity contribution in [3.63, 3.8) is 0 Å². The minimum Gasteiger partial charge on any atom is -0.406 e. The topological polar surface area (TPSA) is 65.4 Å². The van der Waals surface area contributed by atoms with Gasteiger partial charge in [0.25, 0.3) is 0 Å². The molecule has 2 N–H and O–H groups in total. The highest BCUT2D eigenvalue weighted by molar-refractivity contribution is 5.70. The highest BCUT2D eigenvalue weighted by Crippen LogP contribution is 2.33. The summed E-state index contributed by atoms with van der Waals surface area (Å²) in [6.07, 6.45) is -2.57. The summed E-state index contributed by atoms with van der Waals surface area (Å²) in [6.45, 7) is 0. The van der Waals surface area contributed by atoms with Crippen LogP contribution in [0.25, 0.3) is 11.3 Å². The third-order valence-corrected chi connectivity index (χ3v) is 3.35. The summed E-state index contributed by atoms with van der Waals surface area (Å²) in [4.78, 5) is 3.73. The molecule has 1 aliphatic rings. The molecule has 0 amide bonds. The number of nitrogens with two attached hydrogens (primary N) is 1. The molecule has 0 radical (unpaired) electrons. The summed E-state index contributed by atoms with van der Waals surface area (Å²) in [5.74, 6) is -2.11. The predicted octanol–water partition coefficient (Wildman–Crippen LogP) is 4.00. The fourth-order valence-electron chi connectivity index (χ4n) is 2.46. The second-order valence-electron chi connectivity index (χ2n) is 5.27. The Balaban J connectivity index is 2.03. The number of aliphatic imine (C=N–C) groups is 1. The van der Waals surface area contributed by atoms with Crippen molar-refractivity contribution in [1.29, 1.82) is 0 Å². The monoisotopic (exact) mass is 358 g/mol. The van der Waals surface area contributed by atoms with Gasteiger partial charge in [-0.1, -0.05) is 0 Å². The van der Waals surface area contributed by atoms with Crippen molar-refractivity contribution in [2.45, 2.75) is 18.8 Å². The van der Waals surface area contributed by atoms with Crippen LogP contribution in [0.4, 0.5) is 27.8 Å². The SMILES string of the molecule is Nc1cc(-c2cc(F)cc(OC(F)(F)F)c2)n(C2C=NC=C(F)C2)n1. The first-order valence-electron chi connectivity index (χ1n) is 7.01. The summed E-state index contributed by atoms with van der Waals surface area (Å²) in [7, 11) is 0. The normalized spacial score (nSPS) is 17.5. The van der Waals surface area contributed by atoms with Gasteiger partial charge in [0.15, 0.2) is 0 Å². The third-order valence-electron chi connectivity index (χ3n) is 3.35. The van der Waals surface area contributed by atoms with Crippen molar-refractivity contribution in [2.75, 3.05) is 5.73 Å². The van der Waals surface area contributed by atoms with Crippen molar-refractivity contribution < 1.29 is 26.7 Å². The number of nitrogens with zero attached hydrogens (tertiary/aromatic N) is 3. The van der Waals surface area contributed by atoms with Gasteiger partial charge < -0.3 is 10.5 Å². The molecule has 5 nitrogen and oxygen atoms in total. The number of hydrogen-bond donors (Lipinski definition) is 1. The van der Waals surface area contributed by atoms with E-state index in [0.29, 0.717) is 6.07 Å². The molecule has 0 aliphatic carbocycles. The third kappa shape index (κ3) is 3.95. The molecule has 0 fully saturated rings. The highest BCUT2D eigenvalue weighted by Gasteiger charge is 2.31. The number of nitrogen functional groups attached to an aromatic ring is 1. The molecule has 1 aromatic carbocycles. The van der Waals surface area contributed by atoms with Crippen LogP contribution in [-0.2, 0) is 0 Å². The first kappa shape index (κ1) is 16.9. The Kier molecular flexibility index (Phi) is 4.19. The molecular weight excluding hydrogens is 347 g/mol. The number of rotatable bonds is 3. The molecule has 10 heteroatoms. The van der Waals surface area contributed by atoms with Crippen molar-refractivity contribution in [3.05, 3.63) is 42.1 Å². The maximum absolute atomic E-state index is 13.7. The zero-order valence-corrected chi connectivity index (χ0v) is 12.5. The van der Waals surface area contributed by atoms with E-state index in [1.54, 1.807) is 0 Å². The van der Waals surface area contributed by atoms with E-state index in [0.717, 1.165) is 18.3 Å². The molecule has 0 spiro atoms. The Morgan fingerprint density at radius 2 is 1.92 bits per heavy atom. The molecule has 0 saturated carbocycles. The smallest absolute Gasteiger partial charge is 0.406 e.